The van der Waals surface area contributed by atoms with Crippen molar-refractivity contribution in [3.8, 4) is 11.5 Å². The predicted molar refractivity (Wildman–Crippen MR) is 177 cm³/mol. The molecule has 2 N–H and O–H groups in total. The highest BCUT2D eigenvalue weighted by atomic mass is 32.1. The molecule has 0 unspecified atom stereocenters. The molecule has 44 heavy (non-hydrogen) atoms. The summed E-state index contributed by atoms with van der Waals surface area (Å²) in [4.78, 5) is 18.4. The summed E-state index contributed by atoms with van der Waals surface area (Å²) in [5.74, 6) is 0.301. The summed E-state index contributed by atoms with van der Waals surface area (Å²) in [6.45, 7) is 6.75. The molecule has 0 amide bonds. The standard InChI is InChI=1S/C35H33FN4O3S/c1-22-7-2-5-10-28(22)38-35(44)26-21-40-32-24(20-29(26)41)19-27(36)31(37-13-6-14-39-15-17-42-18-16-39)34(32)43-30-12-11-23-8-3-4-9-25(23)33(30)40/h2-5,7-12,19,21,37H,6,13-18,20H2,1H3,(H,38,44). The number of halogens is 1. The zero-order valence-electron chi connectivity index (χ0n) is 24.5. The topological polar surface area (TPSA) is 66.1 Å². The van der Waals surface area contributed by atoms with Gasteiger partial charge in [-0.15, -0.1) is 0 Å². The molecule has 1 fully saturated rings. The van der Waals surface area contributed by atoms with Crippen LogP contribution in [0.15, 0.2) is 78.5 Å². The lowest BCUT2D eigenvalue weighted by atomic mass is 10.00. The first-order chi connectivity index (χ1) is 21.5. The van der Waals surface area contributed by atoms with Crippen molar-refractivity contribution in [1.29, 1.82) is 0 Å². The predicted octanol–water partition coefficient (Wildman–Crippen LogP) is 7.11. The Balaban J connectivity index is 1.30. The number of anilines is 4. The van der Waals surface area contributed by atoms with Gasteiger partial charge in [-0.2, -0.15) is 0 Å². The Labute approximate surface area is 261 Å². The van der Waals surface area contributed by atoms with Crippen LogP contribution in [0.5, 0.6) is 11.5 Å². The Kier molecular flexibility index (Phi) is 7.76. The number of nitrogens with one attached hydrogen (secondary N) is 2. The fraction of sp³-hybridized carbons (Fsp3) is 0.257. The van der Waals surface area contributed by atoms with Crippen molar-refractivity contribution in [1.82, 2.24) is 4.90 Å². The maximum Gasteiger partial charge on any atom is 0.177 e. The number of nitrogens with zero attached hydrogens (tertiary/aromatic N) is 2. The third-order valence-corrected chi connectivity index (χ3v) is 8.77. The number of fused-ring (bicyclic) bond motifs is 4. The van der Waals surface area contributed by atoms with Gasteiger partial charge in [0.15, 0.2) is 23.1 Å². The average Bonchev–Trinajstić information content (AvgIpc) is 3.18. The van der Waals surface area contributed by atoms with Gasteiger partial charge in [0.05, 0.1) is 30.2 Å². The van der Waals surface area contributed by atoms with E-state index in [1.54, 1.807) is 6.20 Å². The smallest absolute Gasteiger partial charge is 0.177 e. The summed E-state index contributed by atoms with van der Waals surface area (Å²) in [7, 11) is 0. The molecule has 0 saturated carbocycles. The summed E-state index contributed by atoms with van der Waals surface area (Å²) in [5, 5.41) is 8.57. The highest BCUT2D eigenvalue weighted by Gasteiger charge is 2.36. The van der Waals surface area contributed by atoms with Crippen molar-refractivity contribution in [2.45, 2.75) is 19.8 Å². The molecule has 0 spiro atoms. The molecule has 4 aromatic rings. The van der Waals surface area contributed by atoms with E-state index in [1.165, 1.54) is 6.07 Å². The van der Waals surface area contributed by atoms with Crippen molar-refractivity contribution >= 4 is 56.5 Å². The molecule has 0 radical (unpaired) electrons. The van der Waals surface area contributed by atoms with Gasteiger partial charge in [0.25, 0.3) is 0 Å². The Bertz CT molecular complexity index is 1820. The third-order valence-electron chi connectivity index (χ3n) is 8.45. The van der Waals surface area contributed by atoms with Crippen LogP contribution in [0.25, 0.3) is 10.8 Å². The number of thiocarbonyl (C=S) groups is 1. The Morgan fingerprint density at radius 2 is 1.82 bits per heavy atom. The Morgan fingerprint density at radius 3 is 2.66 bits per heavy atom. The number of hydrogen-bond donors (Lipinski definition) is 2. The molecule has 3 heterocycles. The van der Waals surface area contributed by atoms with Crippen LogP contribution in [0.2, 0.25) is 0 Å². The van der Waals surface area contributed by atoms with E-state index < -0.39 is 5.82 Å². The molecule has 7 nitrogen and oxygen atoms in total. The molecule has 9 heteroatoms. The SMILES string of the molecule is Cc1ccccc1NC(=S)C1=CN2c3c(cc(F)c(NCCCN4CCOCC4)c3Oc3ccc4ccccc4c32)CC1=O. The van der Waals surface area contributed by atoms with Gasteiger partial charge in [-0.1, -0.05) is 60.7 Å². The minimum atomic E-state index is -0.453. The van der Waals surface area contributed by atoms with E-state index in [2.05, 4.69) is 15.5 Å². The van der Waals surface area contributed by atoms with Gasteiger partial charge in [-0.25, -0.2) is 4.39 Å². The number of ether oxygens (including phenoxy) is 2. The van der Waals surface area contributed by atoms with Gasteiger partial charge in [-0.05, 0) is 54.6 Å². The average molecular weight is 609 g/mol. The molecule has 3 aliphatic heterocycles. The van der Waals surface area contributed by atoms with Crippen LogP contribution in [-0.2, 0) is 16.0 Å². The van der Waals surface area contributed by atoms with Crippen molar-refractivity contribution in [2.24, 2.45) is 0 Å². The van der Waals surface area contributed by atoms with Gasteiger partial charge in [-0.3, -0.25) is 9.69 Å². The van der Waals surface area contributed by atoms with Crippen molar-refractivity contribution in [3.05, 3.63) is 95.4 Å². The number of hydrogen-bond acceptors (Lipinski definition) is 7. The zero-order chi connectivity index (χ0) is 30.2. The lowest BCUT2D eigenvalue weighted by Crippen LogP contribution is -2.37. The number of morpholine rings is 1. The molecule has 0 aromatic heterocycles. The second-order valence-corrected chi connectivity index (χ2v) is 11.7. The summed E-state index contributed by atoms with van der Waals surface area (Å²) in [6, 6.07) is 21.2. The van der Waals surface area contributed by atoms with E-state index in [0.29, 0.717) is 45.5 Å². The third kappa shape index (κ3) is 5.32. The van der Waals surface area contributed by atoms with Crippen LogP contribution in [0, 0.1) is 12.7 Å². The zero-order valence-corrected chi connectivity index (χ0v) is 25.3. The van der Waals surface area contributed by atoms with E-state index in [-0.39, 0.29) is 12.2 Å². The highest BCUT2D eigenvalue weighted by molar-refractivity contribution is 7.81. The molecular weight excluding hydrogens is 575 g/mol. The lowest BCUT2D eigenvalue weighted by Gasteiger charge is -2.34. The van der Waals surface area contributed by atoms with Crippen LogP contribution < -0.4 is 20.3 Å². The molecule has 224 valence electrons. The van der Waals surface area contributed by atoms with Gasteiger partial charge in [0, 0.05) is 43.3 Å². The molecule has 1 saturated heterocycles. The molecule has 0 aliphatic carbocycles. The van der Waals surface area contributed by atoms with Crippen molar-refractivity contribution in [2.75, 3.05) is 54.9 Å². The number of aryl methyl sites for hydroxylation is 1. The largest absolute Gasteiger partial charge is 0.451 e. The number of ketones is 1. The Hall–Kier alpha value is -4.31. The molecule has 7 rings (SSSR count). The maximum absolute atomic E-state index is 15.9. The first-order valence-electron chi connectivity index (χ1n) is 15.0. The van der Waals surface area contributed by atoms with Crippen LogP contribution in [0.4, 0.5) is 27.1 Å². The summed E-state index contributed by atoms with van der Waals surface area (Å²) in [6.07, 6.45) is 2.61. The van der Waals surface area contributed by atoms with Crippen LogP contribution >= 0.6 is 12.2 Å². The minimum absolute atomic E-state index is 0.0159. The van der Waals surface area contributed by atoms with Crippen LogP contribution in [-0.4, -0.2) is 55.1 Å². The first kappa shape index (κ1) is 28.5. The summed E-state index contributed by atoms with van der Waals surface area (Å²) >= 11 is 5.83. The number of para-hydroxylation sites is 1. The van der Waals surface area contributed by atoms with E-state index in [4.69, 9.17) is 21.7 Å². The summed E-state index contributed by atoms with van der Waals surface area (Å²) in [5.41, 5.74) is 4.46. The molecular formula is C35H33FN4O3S. The number of carbonyl (C=O) groups is 1. The van der Waals surface area contributed by atoms with E-state index in [9.17, 15) is 4.79 Å². The molecule has 0 bridgehead atoms. The number of rotatable bonds is 7. The molecule has 4 aromatic carbocycles. The summed E-state index contributed by atoms with van der Waals surface area (Å²) < 4.78 is 27.9. The normalized spacial score (nSPS) is 16.0. The van der Waals surface area contributed by atoms with Crippen LogP contribution in [0.1, 0.15) is 17.5 Å². The number of benzene rings is 4. The Morgan fingerprint density at radius 1 is 1.02 bits per heavy atom. The minimum Gasteiger partial charge on any atom is -0.451 e. The lowest BCUT2D eigenvalue weighted by molar-refractivity contribution is -0.114. The molecule has 0 atom stereocenters. The monoisotopic (exact) mass is 608 g/mol. The number of Topliss-reactive ketones (excluding diaryl/α,β-unsaturated/α-hetero) is 1. The second-order valence-electron chi connectivity index (χ2n) is 11.3. The van der Waals surface area contributed by atoms with Gasteiger partial charge >= 0.3 is 0 Å². The molecule has 3 aliphatic rings. The highest BCUT2D eigenvalue weighted by Crippen LogP contribution is 2.55. The fourth-order valence-electron chi connectivity index (χ4n) is 6.14. The number of carbonyl (C=O) groups excluding carboxylic acids is 1. The van der Waals surface area contributed by atoms with Crippen LogP contribution in [0.3, 0.4) is 0 Å². The van der Waals surface area contributed by atoms with Gasteiger partial charge in [0.2, 0.25) is 0 Å². The fourth-order valence-corrected chi connectivity index (χ4v) is 6.42. The van der Waals surface area contributed by atoms with E-state index in [0.717, 1.165) is 67.0 Å². The maximum atomic E-state index is 15.9. The van der Waals surface area contributed by atoms with Gasteiger partial charge in [0.1, 0.15) is 10.7 Å². The van der Waals surface area contributed by atoms with Crippen molar-refractivity contribution in [3.63, 3.8) is 0 Å². The van der Waals surface area contributed by atoms with E-state index >= 15 is 4.39 Å². The van der Waals surface area contributed by atoms with Crippen molar-refractivity contribution < 1.29 is 18.7 Å². The van der Waals surface area contributed by atoms with Gasteiger partial charge < -0.3 is 25.0 Å². The quantitative estimate of drug-likeness (QED) is 0.170. The van der Waals surface area contributed by atoms with E-state index in [1.807, 2.05) is 72.5 Å². The second kappa shape index (κ2) is 12.0. The first-order valence-corrected chi connectivity index (χ1v) is 15.4.